The van der Waals surface area contributed by atoms with Crippen LogP contribution in [0, 0.1) is 0 Å². The van der Waals surface area contributed by atoms with Gasteiger partial charge in [-0.25, -0.2) is 14.3 Å². The van der Waals surface area contributed by atoms with Crippen molar-refractivity contribution in [3.63, 3.8) is 0 Å². The van der Waals surface area contributed by atoms with Gasteiger partial charge in [-0.2, -0.15) is 0 Å². The molecule has 0 aliphatic carbocycles. The van der Waals surface area contributed by atoms with Crippen molar-refractivity contribution in [1.29, 1.82) is 0 Å². The van der Waals surface area contributed by atoms with Gasteiger partial charge in [0.05, 0.1) is 18.1 Å². The Morgan fingerprint density at radius 2 is 2.35 bits per heavy atom. The molecule has 1 atom stereocenters. The van der Waals surface area contributed by atoms with E-state index in [1.807, 2.05) is 6.92 Å². The molecule has 1 unspecified atom stereocenters. The molecule has 0 aromatic carbocycles. The molecule has 7 nitrogen and oxygen atoms in total. The predicted octanol–water partition coefficient (Wildman–Crippen LogP) is -0.557. The average Bonchev–Trinajstić information content (AvgIpc) is 2.69. The van der Waals surface area contributed by atoms with E-state index in [2.05, 4.69) is 20.5 Å². The van der Waals surface area contributed by atoms with E-state index in [4.69, 9.17) is 5.84 Å². The van der Waals surface area contributed by atoms with Crippen molar-refractivity contribution < 1.29 is 8.42 Å². The van der Waals surface area contributed by atoms with Crippen LogP contribution in [0.25, 0.3) is 0 Å². The average molecular weight is 277 g/mol. The van der Waals surface area contributed by atoms with Crippen LogP contribution in [0.1, 0.15) is 11.9 Å². The Hall–Kier alpha value is -0.770. The van der Waals surface area contributed by atoms with Gasteiger partial charge in [-0.1, -0.05) is 11.3 Å². The highest BCUT2D eigenvalue weighted by atomic mass is 32.2. The summed E-state index contributed by atoms with van der Waals surface area (Å²) in [5.41, 5.74) is 2.44. The Morgan fingerprint density at radius 3 is 2.94 bits per heavy atom. The fourth-order valence-electron chi connectivity index (χ4n) is 1.82. The van der Waals surface area contributed by atoms with E-state index in [0.717, 1.165) is 5.01 Å². The molecule has 1 saturated heterocycles. The molecular formula is C8H15N5O2S2. The first kappa shape index (κ1) is 12.7. The van der Waals surface area contributed by atoms with Crippen LogP contribution in [0.15, 0.2) is 0 Å². The molecule has 9 heteroatoms. The van der Waals surface area contributed by atoms with E-state index in [0.29, 0.717) is 18.2 Å². The first-order chi connectivity index (χ1) is 8.00. The number of nitrogens with one attached hydrogen (secondary N) is 1. The van der Waals surface area contributed by atoms with Crippen molar-refractivity contribution in [1.82, 2.24) is 15.1 Å². The monoisotopic (exact) mass is 277 g/mol. The second-order valence-corrected chi connectivity index (χ2v) is 7.37. The lowest BCUT2D eigenvalue weighted by atomic mass is 10.3. The van der Waals surface area contributed by atoms with Gasteiger partial charge in [0.2, 0.25) is 5.13 Å². The second kappa shape index (κ2) is 4.84. The number of nitrogens with two attached hydrogens (primary N) is 1. The fourth-order valence-corrected chi connectivity index (χ4v) is 4.12. The maximum Gasteiger partial charge on any atom is 0.219 e. The maximum atomic E-state index is 11.4. The minimum Gasteiger partial charge on any atom is -0.298 e. The fraction of sp³-hybridized carbons (Fsp3) is 0.750. The van der Waals surface area contributed by atoms with Crippen LogP contribution in [0.3, 0.4) is 0 Å². The summed E-state index contributed by atoms with van der Waals surface area (Å²) >= 11 is 1.38. The molecule has 1 aliphatic heterocycles. The lowest BCUT2D eigenvalue weighted by molar-refractivity contribution is 0.217. The van der Waals surface area contributed by atoms with Gasteiger partial charge in [0.15, 0.2) is 9.84 Å². The van der Waals surface area contributed by atoms with Gasteiger partial charge in [-0.15, -0.1) is 10.2 Å². The molecule has 3 N–H and O–H groups in total. The molecular weight excluding hydrogens is 262 g/mol. The lowest BCUT2D eigenvalue weighted by Gasteiger charge is -2.32. The van der Waals surface area contributed by atoms with E-state index in [-0.39, 0.29) is 17.5 Å². The Balaban J connectivity index is 2.00. The third-order valence-electron chi connectivity index (χ3n) is 2.74. The van der Waals surface area contributed by atoms with E-state index in [9.17, 15) is 8.42 Å². The van der Waals surface area contributed by atoms with Gasteiger partial charge in [-0.05, 0) is 6.92 Å². The number of rotatable bonds is 3. The van der Waals surface area contributed by atoms with Crippen LogP contribution in [-0.2, 0) is 16.4 Å². The van der Waals surface area contributed by atoms with E-state index < -0.39 is 9.84 Å². The highest BCUT2D eigenvalue weighted by molar-refractivity contribution is 7.91. The molecule has 0 radical (unpaired) electrons. The third-order valence-corrected chi connectivity index (χ3v) is 5.37. The number of hydrogen-bond acceptors (Lipinski definition) is 8. The van der Waals surface area contributed by atoms with Crippen LogP contribution in [0.5, 0.6) is 0 Å². The first-order valence-corrected chi connectivity index (χ1v) is 7.87. The lowest BCUT2D eigenvalue weighted by Crippen LogP contribution is -2.46. The van der Waals surface area contributed by atoms with Crippen LogP contribution in [0.2, 0.25) is 0 Å². The van der Waals surface area contributed by atoms with Crippen molar-refractivity contribution in [3.05, 3.63) is 5.01 Å². The molecule has 2 heterocycles. The zero-order chi connectivity index (χ0) is 12.5. The van der Waals surface area contributed by atoms with Crippen molar-refractivity contribution in [2.24, 2.45) is 5.84 Å². The number of nitrogens with zero attached hydrogens (tertiary/aromatic N) is 3. The van der Waals surface area contributed by atoms with Crippen LogP contribution < -0.4 is 11.3 Å². The number of aromatic nitrogens is 2. The molecule has 1 aromatic heterocycles. The summed E-state index contributed by atoms with van der Waals surface area (Å²) < 4.78 is 22.9. The SMILES string of the molecule is CC1CS(=O)(=O)CCN1Cc1nnc(NN)s1. The summed E-state index contributed by atoms with van der Waals surface area (Å²) in [5.74, 6) is 5.66. The summed E-state index contributed by atoms with van der Waals surface area (Å²) in [6.07, 6.45) is 0. The zero-order valence-electron chi connectivity index (χ0n) is 9.46. The van der Waals surface area contributed by atoms with Crippen molar-refractivity contribution in [2.45, 2.75) is 19.5 Å². The first-order valence-electron chi connectivity index (χ1n) is 5.23. The summed E-state index contributed by atoms with van der Waals surface area (Å²) in [5, 5.41) is 9.23. The molecule has 0 bridgehead atoms. The maximum absolute atomic E-state index is 11.4. The summed E-state index contributed by atoms with van der Waals surface area (Å²) in [6.45, 7) is 3.09. The molecule has 0 amide bonds. The Kier molecular flexibility index (Phi) is 3.61. The highest BCUT2D eigenvalue weighted by Crippen LogP contribution is 2.19. The third kappa shape index (κ3) is 3.12. The summed E-state index contributed by atoms with van der Waals surface area (Å²) in [6, 6.07) is 0.0203. The normalized spacial score (nSPS) is 24.7. The largest absolute Gasteiger partial charge is 0.298 e. The number of nitrogen functional groups attached to an aromatic ring is 1. The predicted molar refractivity (Wildman–Crippen MR) is 66.2 cm³/mol. The molecule has 0 spiro atoms. The Morgan fingerprint density at radius 1 is 1.59 bits per heavy atom. The van der Waals surface area contributed by atoms with Gasteiger partial charge >= 0.3 is 0 Å². The molecule has 1 aliphatic rings. The Labute approximate surface area is 104 Å². The molecule has 1 aromatic rings. The second-order valence-electron chi connectivity index (χ2n) is 4.08. The van der Waals surface area contributed by atoms with Crippen molar-refractivity contribution in [3.8, 4) is 0 Å². The number of anilines is 1. The summed E-state index contributed by atoms with van der Waals surface area (Å²) in [4.78, 5) is 2.10. The van der Waals surface area contributed by atoms with E-state index in [1.165, 1.54) is 11.3 Å². The zero-order valence-corrected chi connectivity index (χ0v) is 11.1. The van der Waals surface area contributed by atoms with Crippen molar-refractivity contribution >= 4 is 26.3 Å². The van der Waals surface area contributed by atoms with Gasteiger partial charge in [-0.3, -0.25) is 10.3 Å². The molecule has 96 valence electrons. The van der Waals surface area contributed by atoms with Crippen LogP contribution >= 0.6 is 11.3 Å². The Bertz CT molecular complexity index is 486. The van der Waals surface area contributed by atoms with Gasteiger partial charge in [0, 0.05) is 12.6 Å². The smallest absolute Gasteiger partial charge is 0.219 e. The molecule has 17 heavy (non-hydrogen) atoms. The topological polar surface area (TPSA) is 101 Å². The van der Waals surface area contributed by atoms with Crippen molar-refractivity contribution in [2.75, 3.05) is 23.5 Å². The van der Waals surface area contributed by atoms with Gasteiger partial charge in [0.25, 0.3) is 0 Å². The molecule has 1 fully saturated rings. The molecule has 0 saturated carbocycles. The highest BCUT2D eigenvalue weighted by Gasteiger charge is 2.28. The van der Waals surface area contributed by atoms with Crippen LogP contribution in [0.4, 0.5) is 5.13 Å². The molecule has 2 rings (SSSR count). The standard InChI is InChI=1S/C8H15N5O2S2/c1-6-5-17(14,15)3-2-13(6)4-7-11-12-8(10-9)16-7/h6H,2-5,9H2,1H3,(H,10,12). The number of hydrogen-bond donors (Lipinski definition) is 2. The minimum absolute atomic E-state index is 0.0203. The van der Waals surface area contributed by atoms with E-state index in [1.54, 1.807) is 0 Å². The van der Waals surface area contributed by atoms with Gasteiger partial charge in [0.1, 0.15) is 5.01 Å². The van der Waals surface area contributed by atoms with Crippen LogP contribution in [-0.4, -0.2) is 47.6 Å². The van der Waals surface area contributed by atoms with Gasteiger partial charge < -0.3 is 0 Å². The number of hydrazine groups is 1. The summed E-state index contributed by atoms with van der Waals surface area (Å²) in [7, 11) is -2.86. The quantitative estimate of drug-likeness (QED) is 0.564. The van der Waals surface area contributed by atoms with E-state index >= 15 is 0 Å². The number of sulfone groups is 1. The minimum atomic E-state index is -2.86.